The number of likely N-dealkylation sites (tertiary alicyclic amines) is 1. The van der Waals surface area contributed by atoms with E-state index in [9.17, 15) is 9.90 Å². The minimum Gasteiger partial charge on any atom is -0.444 e. The van der Waals surface area contributed by atoms with Crippen molar-refractivity contribution in [2.75, 3.05) is 13.1 Å². The van der Waals surface area contributed by atoms with Crippen LogP contribution in [0.5, 0.6) is 0 Å². The number of hydrogen-bond acceptors (Lipinski definition) is 4. The van der Waals surface area contributed by atoms with Crippen LogP contribution >= 0.6 is 0 Å². The van der Waals surface area contributed by atoms with Gasteiger partial charge in [-0.25, -0.2) is 4.79 Å². The zero-order valence-electron chi connectivity index (χ0n) is 12.2. The molecule has 1 unspecified atom stereocenters. The standard InChI is InChI=1S/C14H26N2O3/c1-14(2,3)19-13(18)15-11-5-4-6-12(11)16-8-7-10(17)9-16/h10-12,17H,4-9H2,1-3H3,(H,15,18)/t10?,11-,12+/m1/s1. The Morgan fingerprint density at radius 1 is 1.32 bits per heavy atom. The quantitative estimate of drug-likeness (QED) is 0.798. The summed E-state index contributed by atoms with van der Waals surface area (Å²) in [5.41, 5.74) is -0.456. The molecular formula is C14H26N2O3. The smallest absolute Gasteiger partial charge is 0.407 e. The van der Waals surface area contributed by atoms with Crippen molar-refractivity contribution in [2.24, 2.45) is 0 Å². The van der Waals surface area contributed by atoms with Crippen LogP contribution in [0.3, 0.4) is 0 Å². The average Bonchev–Trinajstić information content (AvgIpc) is 2.83. The van der Waals surface area contributed by atoms with Crippen molar-refractivity contribution >= 4 is 6.09 Å². The zero-order chi connectivity index (χ0) is 14.0. The monoisotopic (exact) mass is 270 g/mol. The molecule has 0 aromatic carbocycles. The summed E-state index contributed by atoms with van der Waals surface area (Å²) in [4.78, 5) is 14.1. The van der Waals surface area contributed by atoms with E-state index in [0.29, 0.717) is 6.04 Å². The molecule has 1 heterocycles. The predicted molar refractivity (Wildman–Crippen MR) is 73.0 cm³/mol. The molecule has 19 heavy (non-hydrogen) atoms. The van der Waals surface area contributed by atoms with E-state index in [2.05, 4.69) is 10.2 Å². The van der Waals surface area contributed by atoms with Gasteiger partial charge in [-0.05, 0) is 46.5 Å². The maximum absolute atomic E-state index is 11.8. The van der Waals surface area contributed by atoms with Gasteiger partial charge in [-0.3, -0.25) is 4.90 Å². The molecule has 110 valence electrons. The van der Waals surface area contributed by atoms with E-state index in [4.69, 9.17) is 4.74 Å². The fraction of sp³-hybridized carbons (Fsp3) is 0.929. The molecule has 1 aliphatic heterocycles. The lowest BCUT2D eigenvalue weighted by atomic mass is 10.1. The normalized spacial score (nSPS) is 32.5. The van der Waals surface area contributed by atoms with Crippen molar-refractivity contribution in [2.45, 2.75) is 70.2 Å². The molecule has 2 fully saturated rings. The summed E-state index contributed by atoms with van der Waals surface area (Å²) in [5, 5.41) is 12.6. The van der Waals surface area contributed by atoms with Crippen LogP contribution < -0.4 is 5.32 Å². The Hall–Kier alpha value is -0.810. The molecule has 0 spiro atoms. The Kier molecular flexibility index (Phi) is 4.36. The van der Waals surface area contributed by atoms with Crippen molar-refractivity contribution in [1.29, 1.82) is 0 Å². The Morgan fingerprint density at radius 3 is 2.63 bits per heavy atom. The third kappa shape index (κ3) is 4.08. The molecule has 5 heteroatoms. The molecule has 0 bridgehead atoms. The molecular weight excluding hydrogens is 244 g/mol. The molecule has 0 aromatic heterocycles. The van der Waals surface area contributed by atoms with E-state index >= 15 is 0 Å². The van der Waals surface area contributed by atoms with Gasteiger partial charge in [-0.15, -0.1) is 0 Å². The third-order valence-corrected chi connectivity index (χ3v) is 3.85. The van der Waals surface area contributed by atoms with Gasteiger partial charge < -0.3 is 15.2 Å². The van der Waals surface area contributed by atoms with Crippen molar-refractivity contribution in [3.63, 3.8) is 0 Å². The van der Waals surface area contributed by atoms with Gasteiger partial charge in [0.2, 0.25) is 0 Å². The number of alkyl carbamates (subject to hydrolysis) is 1. The zero-order valence-corrected chi connectivity index (χ0v) is 12.2. The first kappa shape index (κ1) is 14.6. The van der Waals surface area contributed by atoms with Crippen LogP contribution in [-0.4, -0.2) is 53.0 Å². The van der Waals surface area contributed by atoms with E-state index in [-0.39, 0.29) is 18.2 Å². The molecule has 1 aliphatic carbocycles. The maximum Gasteiger partial charge on any atom is 0.407 e. The number of amides is 1. The SMILES string of the molecule is CC(C)(C)OC(=O)N[C@@H]1CCC[C@@H]1N1CCC(O)C1. The van der Waals surface area contributed by atoms with E-state index in [0.717, 1.165) is 38.8 Å². The van der Waals surface area contributed by atoms with Crippen LogP contribution in [0, 0.1) is 0 Å². The van der Waals surface area contributed by atoms with E-state index in [1.165, 1.54) is 0 Å². The molecule has 3 atom stereocenters. The number of carbonyl (C=O) groups is 1. The van der Waals surface area contributed by atoms with E-state index < -0.39 is 5.60 Å². The number of carbonyl (C=O) groups excluding carboxylic acids is 1. The van der Waals surface area contributed by atoms with Gasteiger partial charge >= 0.3 is 6.09 Å². The highest BCUT2D eigenvalue weighted by Crippen LogP contribution is 2.27. The summed E-state index contributed by atoms with van der Waals surface area (Å²) >= 11 is 0. The fourth-order valence-corrected chi connectivity index (χ4v) is 3.07. The second-order valence-corrected chi connectivity index (χ2v) is 6.69. The average molecular weight is 270 g/mol. The number of rotatable bonds is 2. The second-order valence-electron chi connectivity index (χ2n) is 6.69. The maximum atomic E-state index is 11.8. The second kappa shape index (κ2) is 5.67. The largest absolute Gasteiger partial charge is 0.444 e. The number of nitrogens with one attached hydrogen (secondary N) is 1. The van der Waals surface area contributed by atoms with Gasteiger partial charge in [-0.2, -0.15) is 0 Å². The van der Waals surface area contributed by atoms with Gasteiger partial charge in [0.25, 0.3) is 0 Å². The highest BCUT2D eigenvalue weighted by molar-refractivity contribution is 5.68. The number of aliphatic hydroxyl groups excluding tert-OH is 1. The van der Waals surface area contributed by atoms with E-state index in [1.807, 2.05) is 20.8 Å². The lowest BCUT2D eigenvalue weighted by Gasteiger charge is -2.30. The number of nitrogens with zero attached hydrogens (tertiary/aromatic N) is 1. The number of β-amino-alcohol motifs (C(OH)–C–C–N with tert-alkyl or cyclic N) is 1. The van der Waals surface area contributed by atoms with Crippen LogP contribution in [0.15, 0.2) is 0 Å². The molecule has 2 N–H and O–H groups in total. The first-order chi connectivity index (χ1) is 8.85. The van der Waals surface area contributed by atoms with E-state index in [1.54, 1.807) is 0 Å². The first-order valence-corrected chi connectivity index (χ1v) is 7.27. The van der Waals surface area contributed by atoms with Crippen LogP contribution in [0.2, 0.25) is 0 Å². The van der Waals surface area contributed by atoms with Gasteiger partial charge in [0.15, 0.2) is 0 Å². The van der Waals surface area contributed by atoms with Gasteiger partial charge in [0.05, 0.1) is 6.10 Å². The fourth-order valence-electron chi connectivity index (χ4n) is 3.07. The Labute approximate surface area is 115 Å². The highest BCUT2D eigenvalue weighted by atomic mass is 16.6. The summed E-state index contributed by atoms with van der Waals surface area (Å²) in [5.74, 6) is 0. The van der Waals surface area contributed by atoms with Crippen LogP contribution in [0.1, 0.15) is 46.5 Å². The summed E-state index contributed by atoms with van der Waals surface area (Å²) in [7, 11) is 0. The van der Waals surface area contributed by atoms with Crippen LogP contribution in [-0.2, 0) is 4.74 Å². The van der Waals surface area contributed by atoms with Crippen LogP contribution in [0.25, 0.3) is 0 Å². The molecule has 5 nitrogen and oxygen atoms in total. The van der Waals surface area contributed by atoms with Gasteiger partial charge in [-0.1, -0.05) is 0 Å². The molecule has 0 aromatic rings. The van der Waals surface area contributed by atoms with Crippen molar-refractivity contribution < 1.29 is 14.6 Å². The summed E-state index contributed by atoms with van der Waals surface area (Å²) in [6.07, 6.45) is 3.52. The van der Waals surface area contributed by atoms with Crippen molar-refractivity contribution in [3.05, 3.63) is 0 Å². The molecule has 2 aliphatic rings. The lowest BCUT2D eigenvalue weighted by Crippen LogP contribution is -2.49. The Balaban J connectivity index is 1.87. The molecule has 2 rings (SSSR count). The molecule has 1 amide bonds. The number of aliphatic hydroxyl groups is 1. The lowest BCUT2D eigenvalue weighted by molar-refractivity contribution is 0.0476. The summed E-state index contributed by atoms with van der Waals surface area (Å²) < 4.78 is 5.31. The topological polar surface area (TPSA) is 61.8 Å². The van der Waals surface area contributed by atoms with Gasteiger partial charge in [0, 0.05) is 25.2 Å². The Bertz CT molecular complexity index is 327. The summed E-state index contributed by atoms with van der Waals surface area (Å²) in [6, 6.07) is 0.504. The van der Waals surface area contributed by atoms with Crippen molar-refractivity contribution in [3.8, 4) is 0 Å². The van der Waals surface area contributed by atoms with Crippen molar-refractivity contribution in [1.82, 2.24) is 10.2 Å². The third-order valence-electron chi connectivity index (χ3n) is 3.85. The molecule has 1 saturated heterocycles. The highest BCUT2D eigenvalue weighted by Gasteiger charge is 2.36. The summed E-state index contributed by atoms with van der Waals surface area (Å²) in [6.45, 7) is 7.27. The number of hydrogen-bond donors (Lipinski definition) is 2. The first-order valence-electron chi connectivity index (χ1n) is 7.27. The Morgan fingerprint density at radius 2 is 2.05 bits per heavy atom. The number of ether oxygens (including phenoxy) is 1. The molecule has 1 saturated carbocycles. The molecule has 0 radical (unpaired) electrons. The predicted octanol–water partition coefficient (Wildman–Crippen LogP) is 1.50. The minimum atomic E-state index is -0.456. The minimum absolute atomic E-state index is 0.153. The van der Waals surface area contributed by atoms with Crippen LogP contribution in [0.4, 0.5) is 4.79 Å². The van der Waals surface area contributed by atoms with Gasteiger partial charge in [0.1, 0.15) is 5.60 Å².